The fraction of sp³-hybridized carbons (Fsp3) is 0.700. The molecule has 1 aromatic rings. The number of nitrogens with zero attached hydrogens (tertiary/aromatic N) is 4. The monoisotopic (exact) mass is 224 g/mol. The average molecular weight is 224 g/mol. The number of aromatic nitrogens is 3. The van der Waals surface area contributed by atoms with Crippen molar-refractivity contribution in [3.8, 4) is 0 Å². The first-order valence-electron chi connectivity index (χ1n) is 5.41. The molecule has 0 aliphatic heterocycles. The molecular weight excluding hydrogens is 208 g/mol. The molecule has 1 aliphatic rings. The number of hydrogen-bond donors (Lipinski definition) is 1. The molecule has 1 N–H and O–H groups in total. The first-order chi connectivity index (χ1) is 7.58. The summed E-state index contributed by atoms with van der Waals surface area (Å²) < 4.78 is 1.46. The lowest BCUT2D eigenvalue weighted by molar-refractivity contribution is -0.131. The molecule has 0 bridgehead atoms. The average Bonchev–Trinajstić information content (AvgIpc) is 2.97. The molecule has 0 saturated heterocycles. The van der Waals surface area contributed by atoms with Crippen LogP contribution in [-0.2, 0) is 11.3 Å². The largest absolute Gasteiger partial charge is 0.387 e. The SMILES string of the molecule is CC(O)c1cn(CC(=O)N(C)C2CC2)nn1. The van der Waals surface area contributed by atoms with Gasteiger partial charge in [0.05, 0.1) is 12.3 Å². The Hall–Kier alpha value is -1.43. The Bertz CT molecular complexity index is 384. The van der Waals surface area contributed by atoms with Crippen LogP contribution in [0, 0.1) is 0 Å². The summed E-state index contributed by atoms with van der Waals surface area (Å²) in [5.74, 6) is 0.0320. The van der Waals surface area contributed by atoms with Crippen molar-refractivity contribution in [2.24, 2.45) is 0 Å². The minimum Gasteiger partial charge on any atom is -0.387 e. The summed E-state index contributed by atoms with van der Waals surface area (Å²) in [7, 11) is 1.81. The summed E-state index contributed by atoms with van der Waals surface area (Å²) in [6, 6.07) is 0.409. The molecule has 6 nitrogen and oxygen atoms in total. The molecular formula is C10H16N4O2. The van der Waals surface area contributed by atoms with E-state index in [4.69, 9.17) is 0 Å². The molecule has 1 saturated carbocycles. The van der Waals surface area contributed by atoms with Crippen LogP contribution in [0.1, 0.15) is 31.6 Å². The van der Waals surface area contributed by atoms with Crippen LogP contribution in [0.15, 0.2) is 6.20 Å². The van der Waals surface area contributed by atoms with Crippen molar-refractivity contribution < 1.29 is 9.90 Å². The van der Waals surface area contributed by atoms with Gasteiger partial charge >= 0.3 is 0 Å². The maximum absolute atomic E-state index is 11.7. The van der Waals surface area contributed by atoms with Crippen molar-refractivity contribution in [3.63, 3.8) is 0 Å². The molecule has 1 fully saturated rings. The van der Waals surface area contributed by atoms with Gasteiger partial charge in [0.2, 0.25) is 5.91 Å². The molecule has 1 atom stereocenters. The summed E-state index contributed by atoms with van der Waals surface area (Å²) >= 11 is 0. The second-order valence-corrected chi connectivity index (χ2v) is 4.25. The third-order valence-electron chi connectivity index (χ3n) is 2.77. The van der Waals surface area contributed by atoms with E-state index in [-0.39, 0.29) is 12.5 Å². The van der Waals surface area contributed by atoms with E-state index < -0.39 is 6.10 Å². The molecule has 1 aromatic heterocycles. The zero-order valence-corrected chi connectivity index (χ0v) is 9.50. The number of carbonyl (C=O) groups excluding carboxylic acids is 1. The number of amides is 1. The number of aliphatic hydroxyl groups excluding tert-OH is 1. The summed E-state index contributed by atoms with van der Waals surface area (Å²) in [6.07, 6.45) is 3.14. The van der Waals surface area contributed by atoms with Crippen molar-refractivity contribution in [2.45, 2.75) is 38.5 Å². The zero-order chi connectivity index (χ0) is 11.7. The highest BCUT2D eigenvalue weighted by atomic mass is 16.3. The zero-order valence-electron chi connectivity index (χ0n) is 9.50. The van der Waals surface area contributed by atoms with Crippen molar-refractivity contribution in [1.82, 2.24) is 19.9 Å². The molecule has 6 heteroatoms. The highest BCUT2D eigenvalue weighted by Crippen LogP contribution is 2.25. The van der Waals surface area contributed by atoms with Gasteiger partial charge in [-0.25, -0.2) is 4.68 Å². The number of carbonyl (C=O) groups is 1. The second kappa shape index (κ2) is 4.21. The second-order valence-electron chi connectivity index (χ2n) is 4.25. The Morgan fingerprint density at radius 2 is 2.44 bits per heavy atom. The van der Waals surface area contributed by atoms with Crippen molar-refractivity contribution >= 4 is 5.91 Å². The van der Waals surface area contributed by atoms with Gasteiger partial charge in [0.25, 0.3) is 0 Å². The molecule has 1 amide bonds. The maximum Gasteiger partial charge on any atom is 0.244 e. The van der Waals surface area contributed by atoms with Gasteiger partial charge in [-0.3, -0.25) is 4.79 Å². The Kier molecular flexibility index (Phi) is 2.91. The first-order valence-corrected chi connectivity index (χ1v) is 5.41. The lowest BCUT2D eigenvalue weighted by Crippen LogP contribution is -2.32. The van der Waals surface area contributed by atoms with Gasteiger partial charge < -0.3 is 10.0 Å². The van der Waals surface area contributed by atoms with E-state index in [0.29, 0.717) is 11.7 Å². The number of likely N-dealkylation sites (N-methyl/N-ethyl adjacent to an activating group) is 1. The highest BCUT2D eigenvalue weighted by Gasteiger charge is 2.29. The molecule has 2 rings (SSSR count). The minimum absolute atomic E-state index is 0.0320. The third-order valence-corrected chi connectivity index (χ3v) is 2.77. The maximum atomic E-state index is 11.7. The molecule has 1 aliphatic carbocycles. The van der Waals surface area contributed by atoms with E-state index >= 15 is 0 Å². The molecule has 1 heterocycles. The number of aliphatic hydroxyl groups is 1. The van der Waals surface area contributed by atoms with E-state index in [9.17, 15) is 9.90 Å². The molecule has 1 unspecified atom stereocenters. The van der Waals surface area contributed by atoms with Crippen molar-refractivity contribution in [1.29, 1.82) is 0 Å². The van der Waals surface area contributed by atoms with Crippen molar-refractivity contribution in [3.05, 3.63) is 11.9 Å². The summed E-state index contributed by atoms with van der Waals surface area (Å²) in [6.45, 7) is 1.80. The Morgan fingerprint density at radius 3 is 2.94 bits per heavy atom. The van der Waals surface area contributed by atoms with Gasteiger partial charge in [-0.1, -0.05) is 5.21 Å². The van der Waals surface area contributed by atoms with Crippen LogP contribution >= 0.6 is 0 Å². The van der Waals surface area contributed by atoms with Crippen LogP contribution < -0.4 is 0 Å². The van der Waals surface area contributed by atoms with E-state index in [1.54, 1.807) is 18.0 Å². The summed E-state index contributed by atoms with van der Waals surface area (Å²) in [5, 5.41) is 16.8. The predicted molar refractivity (Wildman–Crippen MR) is 56.4 cm³/mol. The van der Waals surface area contributed by atoms with Crippen LogP contribution in [0.5, 0.6) is 0 Å². The molecule has 16 heavy (non-hydrogen) atoms. The smallest absolute Gasteiger partial charge is 0.244 e. The van der Waals surface area contributed by atoms with Gasteiger partial charge in [-0.05, 0) is 19.8 Å². The molecule has 88 valence electrons. The van der Waals surface area contributed by atoms with Crippen molar-refractivity contribution in [2.75, 3.05) is 7.05 Å². The number of rotatable bonds is 4. The van der Waals surface area contributed by atoms with E-state index in [1.807, 2.05) is 7.05 Å². The Morgan fingerprint density at radius 1 is 1.75 bits per heavy atom. The lowest BCUT2D eigenvalue weighted by Gasteiger charge is -2.15. The summed E-state index contributed by atoms with van der Waals surface area (Å²) in [5.41, 5.74) is 0.488. The van der Waals surface area contributed by atoms with Crippen LogP contribution in [-0.4, -0.2) is 44.0 Å². The minimum atomic E-state index is -0.648. The van der Waals surface area contributed by atoms with Gasteiger partial charge in [-0.15, -0.1) is 5.10 Å². The topological polar surface area (TPSA) is 71.2 Å². The van der Waals surface area contributed by atoms with E-state index in [2.05, 4.69) is 10.3 Å². The van der Waals surface area contributed by atoms with Gasteiger partial charge in [0.1, 0.15) is 12.2 Å². The normalized spacial score (nSPS) is 17.2. The number of hydrogen-bond acceptors (Lipinski definition) is 4. The van der Waals surface area contributed by atoms with Gasteiger partial charge in [-0.2, -0.15) is 0 Å². The van der Waals surface area contributed by atoms with Gasteiger partial charge in [0, 0.05) is 13.1 Å². The fourth-order valence-electron chi connectivity index (χ4n) is 1.50. The third kappa shape index (κ3) is 2.38. The molecule has 0 spiro atoms. The Labute approximate surface area is 93.9 Å². The quantitative estimate of drug-likeness (QED) is 0.778. The molecule has 0 aromatic carbocycles. The van der Waals surface area contributed by atoms with E-state index in [1.165, 1.54) is 4.68 Å². The van der Waals surface area contributed by atoms with E-state index in [0.717, 1.165) is 12.8 Å². The lowest BCUT2D eigenvalue weighted by atomic mass is 10.3. The fourth-order valence-corrected chi connectivity index (χ4v) is 1.50. The van der Waals surface area contributed by atoms with Crippen LogP contribution in [0.25, 0.3) is 0 Å². The summed E-state index contributed by atoms with van der Waals surface area (Å²) in [4.78, 5) is 13.5. The molecule has 0 radical (unpaired) electrons. The standard InChI is InChI=1S/C10H16N4O2/c1-7(15)9-5-14(12-11-9)6-10(16)13(2)8-3-4-8/h5,7-8,15H,3-4,6H2,1-2H3. The van der Waals surface area contributed by atoms with Crippen LogP contribution in [0.4, 0.5) is 0 Å². The van der Waals surface area contributed by atoms with Gasteiger partial charge in [0.15, 0.2) is 0 Å². The predicted octanol–water partition coefficient (Wildman–Crippen LogP) is -0.0478. The Balaban J connectivity index is 1.94. The highest BCUT2D eigenvalue weighted by molar-refractivity contribution is 5.76. The van der Waals surface area contributed by atoms with Crippen LogP contribution in [0.2, 0.25) is 0 Å². The van der Waals surface area contributed by atoms with Crippen LogP contribution in [0.3, 0.4) is 0 Å². The first kappa shape index (κ1) is 11.1.